The van der Waals surface area contributed by atoms with Gasteiger partial charge in [-0.3, -0.25) is 10.1 Å². The molecule has 2 unspecified atom stereocenters. The van der Waals surface area contributed by atoms with E-state index in [0.29, 0.717) is 18.4 Å². The molecule has 1 aromatic carbocycles. The van der Waals surface area contributed by atoms with E-state index in [2.05, 4.69) is 20.9 Å². The van der Waals surface area contributed by atoms with E-state index in [-0.39, 0.29) is 40.8 Å². The van der Waals surface area contributed by atoms with Crippen LogP contribution in [0.5, 0.6) is 5.75 Å². The number of rotatable bonds is 12. The summed E-state index contributed by atoms with van der Waals surface area (Å²) < 4.78 is 31.6. The van der Waals surface area contributed by atoms with Crippen molar-refractivity contribution in [3.8, 4) is 11.8 Å². The molecule has 1 heterocycles. The third-order valence-corrected chi connectivity index (χ3v) is 6.92. The Morgan fingerprint density at radius 1 is 1.16 bits per heavy atom. The normalized spacial score (nSPS) is 16.9. The molecule has 44 heavy (non-hydrogen) atoms. The van der Waals surface area contributed by atoms with Gasteiger partial charge in [0.25, 0.3) is 0 Å². The van der Waals surface area contributed by atoms with Crippen LogP contribution >= 0.6 is 0 Å². The van der Waals surface area contributed by atoms with Gasteiger partial charge in [0.2, 0.25) is 6.79 Å². The first-order chi connectivity index (χ1) is 20.8. The lowest BCUT2D eigenvalue weighted by molar-refractivity contribution is -0.154. The van der Waals surface area contributed by atoms with Crippen molar-refractivity contribution >= 4 is 29.7 Å². The lowest BCUT2D eigenvalue weighted by atomic mass is 9.99. The Morgan fingerprint density at radius 3 is 2.48 bits per heavy atom. The molecule has 1 aromatic heterocycles. The Hall–Kier alpha value is -4.73. The number of hydrogen-bond acceptors (Lipinski definition) is 9. The van der Waals surface area contributed by atoms with Crippen molar-refractivity contribution in [2.75, 3.05) is 12.1 Å². The van der Waals surface area contributed by atoms with E-state index in [1.54, 1.807) is 34.6 Å². The van der Waals surface area contributed by atoms with E-state index in [9.17, 15) is 19.2 Å². The molecule has 13 heteroatoms. The molecule has 0 spiro atoms. The third-order valence-electron chi connectivity index (χ3n) is 6.92. The van der Waals surface area contributed by atoms with Crippen molar-refractivity contribution in [3.63, 3.8) is 0 Å². The van der Waals surface area contributed by atoms with Crippen molar-refractivity contribution in [2.24, 2.45) is 5.92 Å². The van der Waals surface area contributed by atoms with Crippen LogP contribution in [0.2, 0.25) is 0 Å². The number of ketones is 1. The zero-order chi connectivity index (χ0) is 32.6. The van der Waals surface area contributed by atoms with Gasteiger partial charge in [0.15, 0.2) is 5.78 Å². The molecule has 1 aliphatic rings. The van der Waals surface area contributed by atoms with Gasteiger partial charge in [-0.25, -0.2) is 23.8 Å². The highest BCUT2D eigenvalue weighted by Crippen LogP contribution is 2.47. The smallest absolute Gasteiger partial charge is 0.408 e. The van der Waals surface area contributed by atoms with Crippen LogP contribution in [0.15, 0.2) is 30.5 Å². The van der Waals surface area contributed by atoms with Crippen LogP contribution in [-0.2, 0) is 14.3 Å². The molecule has 1 aliphatic carbocycles. The number of carbonyl (C=O) groups is 4. The fourth-order valence-corrected chi connectivity index (χ4v) is 4.35. The molecule has 2 aromatic rings. The Kier molecular flexibility index (Phi) is 11.2. The van der Waals surface area contributed by atoms with Gasteiger partial charge in [0.1, 0.15) is 35.1 Å². The summed E-state index contributed by atoms with van der Waals surface area (Å²) in [4.78, 5) is 54.6. The second-order valence-electron chi connectivity index (χ2n) is 11.4. The second kappa shape index (κ2) is 14.6. The maximum Gasteiger partial charge on any atom is 0.408 e. The van der Waals surface area contributed by atoms with Crippen molar-refractivity contribution in [1.29, 1.82) is 5.26 Å². The Bertz CT molecular complexity index is 1420. The lowest BCUT2D eigenvalue weighted by Crippen LogP contribution is -2.48. The van der Waals surface area contributed by atoms with Crippen LogP contribution in [0.3, 0.4) is 0 Å². The summed E-state index contributed by atoms with van der Waals surface area (Å²) in [7, 11) is 0. The van der Waals surface area contributed by atoms with Crippen molar-refractivity contribution in [3.05, 3.63) is 53.0 Å². The molecule has 0 radical (unpaired) electrons. The number of carbonyl (C=O) groups excluding carboxylic acids is 4. The standard InChI is InChI=1S/C31H38FN5O7/c1-7-17(3)26(37-30(41)44-31(4,5)6)28(39)43-16-42-27-19(23(38)8-2)10-11-21(32)25(27)20-13-22(20)35-29(40)36-24-12-9-18(14-33)15-34-24/h9-12,15,17,20,22,26H,7-8,13,16H2,1-6H3,(H,37,41)(H2,34,35,36,40)/t17-,20?,22?,26-/m0/s1. The summed E-state index contributed by atoms with van der Waals surface area (Å²) in [6.45, 7) is 9.70. The molecule has 1 saturated carbocycles. The van der Waals surface area contributed by atoms with Gasteiger partial charge in [0, 0.05) is 30.1 Å². The average molecular weight is 612 g/mol. The van der Waals surface area contributed by atoms with Gasteiger partial charge in [-0.15, -0.1) is 0 Å². The summed E-state index contributed by atoms with van der Waals surface area (Å²) in [6.07, 6.45) is 1.56. The molecule has 3 N–H and O–H groups in total. The molecule has 0 saturated heterocycles. The number of amides is 3. The second-order valence-corrected chi connectivity index (χ2v) is 11.4. The highest BCUT2D eigenvalue weighted by atomic mass is 19.1. The van der Waals surface area contributed by atoms with E-state index in [4.69, 9.17) is 19.5 Å². The SMILES string of the molecule is CCC(=O)c1ccc(F)c(C2CC2NC(=O)Nc2ccc(C#N)cn2)c1OCOC(=O)[C@@H](NC(=O)OC(C)(C)C)[C@@H](C)CC. The van der Waals surface area contributed by atoms with Crippen LogP contribution in [0, 0.1) is 23.1 Å². The van der Waals surface area contributed by atoms with Gasteiger partial charge >= 0.3 is 18.1 Å². The predicted octanol–water partition coefficient (Wildman–Crippen LogP) is 5.18. The molecule has 4 atom stereocenters. The molecule has 3 amide bonds. The first kappa shape index (κ1) is 33.8. The molecule has 12 nitrogen and oxygen atoms in total. The van der Waals surface area contributed by atoms with E-state index in [1.807, 2.05) is 13.0 Å². The molecule has 1 fully saturated rings. The fraction of sp³-hybridized carbons (Fsp3) is 0.484. The molecule has 236 valence electrons. The number of alkyl carbamates (subject to hydrolysis) is 1. The number of benzene rings is 1. The maximum absolute atomic E-state index is 15.2. The summed E-state index contributed by atoms with van der Waals surface area (Å²) in [6, 6.07) is 5.29. The van der Waals surface area contributed by atoms with Crippen LogP contribution < -0.4 is 20.7 Å². The van der Waals surface area contributed by atoms with Crippen molar-refractivity contribution in [2.45, 2.75) is 84.4 Å². The number of anilines is 1. The first-order valence-corrected chi connectivity index (χ1v) is 14.4. The zero-order valence-electron chi connectivity index (χ0n) is 25.7. The van der Waals surface area contributed by atoms with Gasteiger partial charge in [-0.05, 0) is 57.4 Å². The van der Waals surface area contributed by atoms with E-state index >= 15 is 4.39 Å². The Morgan fingerprint density at radius 2 is 1.89 bits per heavy atom. The van der Waals surface area contributed by atoms with Crippen molar-refractivity contribution in [1.82, 2.24) is 15.6 Å². The number of esters is 1. The minimum absolute atomic E-state index is 0.0756. The van der Waals surface area contributed by atoms with Crippen LogP contribution in [0.1, 0.15) is 88.2 Å². The van der Waals surface area contributed by atoms with Gasteiger partial charge in [-0.2, -0.15) is 5.26 Å². The third kappa shape index (κ3) is 9.13. The number of aromatic nitrogens is 1. The van der Waals surface area contributed by atoms with Crippen LogP contribution in [0.25, 0.3) is 0 Å². The number of nitrogens with one attached hydrogen (secondary N) is 3. The highest BCUT2D eigenvalue weighted by molar-refractivity contribution is 5.99. The number of nitrogens with zero attached hydrogens (tertiary/aromatic N) is 2. The van der Waals surface area contributed by atoms with E-state index in [1.165, 1.54) is 24.4 Å². The number of hydrogen-bond donors (Lipinski definition) is 3. The molecule has 0 aliphatic heterocycles. The first-order valence-electron chi connectivity index (χ1n) is 14.4. The fourth-order valence-electron chi connectivity index (χ4n) is 4.35. The largest absolute Gasteiger partial charge is 0.456 e. The predicted molar refractivity (Wildman–Crippen MR) is 157 cm³/mol. The number of ether oxygens (including phenoxy) is 3. The monoisotopic (exact) mass is 611 g/mol. The summed E-state index contributed by atoms with van der Waals surface area (Å²) in [5.41, 5.74) is -0.248. The van der Waals surface area contributed by atoms with Crippen LogP contribution in [-0.4, -0.2) is 53.3 Å². The number of halogens is 1. The maximum atomic E-state index is 15.2. The summed E-state index contributed by atoms with van der Waals surface area (Å²) >= 11 is 0. The van der Waals surface area contributed by atoms with Crippen molar-refractivity contribution < 1.29 is 37.8 Å². The average Bonchev–Trinajstić information content (AvgIpc) is 3.72. The van der Waals surface area contributed by atoms with E-state index in [0.717, 1.165) is 6.07 Å². The van der Waals surface area contributed by atoms with E-state index < -0.39 is 54.3 Å². The summed E-state index contributed by atoms with van der Waals surface area (Å²) in [5, 5.41) is 16.7. The lowest BCUT2D eigenvalue weighted by Gasteiger charge is -2.25. The van der Waals surface area contributed by atoms with Crippen LogP contribution in [0.4, 0.5) is 19.8 Å². The van der Waals surface area contributed by atoms with Gasteiger partial charge < -0.3 is 24.8 Å². The number of nitriles is 1. The topological polar surface area (TPSA) is 169 Å². The number of urea groups is 1. The molecular formula is C31H38FN5O7. The number of Topliss-reactive ketones (excluding diaryl/α,β-unsaturated/α-hetero) is 1. The van der Waals surface area contributed by atoms with Gasteiger partial charge in [-0.1, -0.05) is 27.2 Å². The Balaban J connectivity index is 1.72. The minimum atomic E-state index is -1.04. The molecular weight excluding hydrogens is 573 g/mol. The Labute approximate surface area is 255 Å². The summed E-state index contributed by atoms with van der Waals surface area (Å²) in [5.74, 6) is -2.42. The molecule has 3 rings (SSSR count). The quantitative estimate of drug-likeness (QED) is 0.166. The highest BCUT2D eigenvalue weighted by Gasteiger charge is 2.44. The zero-order valence-corrected chi connectivity index (χ0v) is 25.7. The molecule has 0 bridgehead atoms. The number of pyridine rings is 1. The van der Waals surface area contributed by atoms with Gasteiger partial charge in [0.05, 0.1) is 11.1 Å². The minimum Gasteiger partial charge on any atom is -0.456 e.